The van der Waals surface area contributed by atoms with Crippen LogP contribution in [0.3, 0.4) is 0 Å². The highest BCUT2D eigenvalue weighted by molar-refractivity contribution is 5.61. The maximum Gasteiger partial charge on any atom is 0.244 e. The molecule has 132 valence electrons. The maximum absolute atomic E-state index is 13.7. The monoisotopic (exact) mass is 353 g/mol. The maximum atomic E-state index is 13.7. The first-order valence-corrected chi connectivity index (χ1v) is 8.11. The second-order valence-electron chi connectivity index (χ2n) is 5.59. The highest BCUT2D eigenvalue weighted by Gasteiger charge is 2.12. The van der Waals surface area contributed by atoms with Gasteiger partial charge in [0.05, 0.1) is 6.20 Å². The molecule has 26 heavy (non-hydrogen) atoms. The van der Waals surface area contributed by atoms with Crippen molar-refractivity contribution < 1.29 is 13.9 Å². The number of ether oxygens (including phenoxy) is 2. The van der Waals surface area contributed by atoms with Crippen LogP contribution in [0.25, 0.3) is 0 Å². The third-order valence-corrected chi connectivity index (χ3v) is 3.77. The molecule has 0 fully saturated rings. The molecule has 7 nitrogen and oxygen atoms in total. The van der Waals surface area contributed by atoms with Crippen LogP contribution in [0.2, 0.25) is 0 Å². The average molecular weight is 353 g/mol. The Kier molecular flexibility index (Phi) is 4.46. The van der Waals surface area contributed by atoms with Crippen LogP contribution in [0.5, 0.6) is 11.5 Å². The van der Waals surface area contributed by atoms with Crippen molar-refractivity contribution in [3.05, 3.63) is 60.0 Å². The summed E-state index contributed by atoms with van der Waals surface area (Å²) in [4.78, 5) is 4.33. The SMILES string of the molecule is Fc1ccccc1CNc1nncc(Nc2ccc3c(c2)OCCO3)n1. The van der Waals surface area contributed by atoms with Crippen molar-refractivity contribution in [1.29, 1.82) is 0 Å². The first-order chi connectivity index (χ1) is 12.8. The van der Waals surface area contributed by atoms with E-state index >= 15 is 0 Å². The predicted octanol–water partition coefficient (Wildman–Crippen LogP) is 3.14. The van der Waals surface area contributed by atoms with E-state index < -0.39 is 0 Å². The first-order valence-electron chi connectivity index (χ1n) is 8.11. The summed E-state index contributed by atoms with van der Waals surface area (Å²) in [6, 6.07) is 12.1. The largest absolute Gasteiger partial charge is 0.486 e. The molecule has 0 saturated heterocycles. The molecule has 0 amide bonds. The van der Waals surface area contributed by atoms with Crippen molar-refractivity contribution >= 4 is 17.5 Å². The summed E-state index contributed by atoms with van der Waals surface area (Å²) in [6.07, 6.45) is 1.51. The minimum absolute atomic E-state index is 0.266. The Balaban J connectivity index is 1.45. The molecule has 0 aliphatic carbocycles. The highest BCUT2D eigenvalue weighted by atomic mass is 19.1. The molecule has 0 radical (unpaired) electrons. The van der Waals surface area contributed by atoms with Gasteiger partial charge in [-0.05, 0) is 18.2 Å². The Morgan fingerprint density at radius 3 is 2.77 bits per heavy atom. The lowest BCUT2D eigenvalue weighted by molar-refractivity contribution is 0.171. The lowest BCUT2D eigenvalue weighted by atomic mass is 10.2. The second-order valence-corrected chi connectivity index (χ2v) is 5.59. The number of halogens is 1. The van der Waals surface area contributed by atoms with Crippen molar-refractivity contribution in [3.8, 4) is 11.5 Å². The van der Waals surface area contributed by atoms with Gasteiger partial charge in [-0.25, -0.2) is 4.39 Å². The fourth-order valence-electron chi connectivity index (χ4n) is 2.52. The molecular formula is C18H16FN5O2. The van der Waals surface area contributed by atoms with Crippen LogP contribution in [0.15, 0.2) is 48.7 Å². The molecule has 0 atom stereocenters. The third kappa shape index (κ3) is 3.64. The molecule has 0 spiro atoms. The number of aromatic nitrogens is 3. The molecule has 0 bridgehead atoms. The summed E-state index contributed by atoms with van der Waals surface area (Å²) in [5.41, 5.74) is 1.32. The van der Waals surface area contributed by atoms with Gasteiger partial charge in [-0.3, -0.25) is 0 Å². The third-order valence-electron chi connectivity index (χ3n) is 3.77. The van der Waals surface area contributed by atoms with Gasteiger partial charge >= 0.3 is 0 Å². The number of hydrogen-bond acceptors (Lipinski definition) is 7. The number of nitrogens with one attached hydrogen (secondary N) is 2. The Bertz CT molecular complexity index is 922. The average Bonchev–Trinajstić information content (AvgIpc) is 2.68. The van der Waals surface area contributed by atoms with Crippen LogP contribution < -0.4 is 20.1 Å². The Morgan fingerprint density at radius 1 is 1.04 bits per heavy atom. The zero-order chi connectivity index (χ0) is 17.8. The zero-order valence-corrected chi connectivity index (χ0v) is 13.8. The normalized spacial score (nSPS) is 12.5. The number of hydrogen-bond donors (Lipinski definition) is 2. The number of benzene rings is 2. The van der Waals surface area contributed by atoms with Crippen molar-refractivity contribution in [2.45, 2.75) is 6.54 Å². The van der Waals surface area contributed by atoms with Gasteiger partial charge in [-0.2, -0.15) is 10.1 Å². The molecule has 8 heteroatoms. The second kappa shape index (κ2) is 7.22. The van der Waals surface area contributed by atoms with Crippen LogP contribution in [0.4, 0.5) is 21.8 Å². The van der Waals surface area contributed by atoms with Gasteiger partial charge in [0.2, 0.25) is 5.95 Å². The summed E-state index contributed by atoms with van der Waals surface area (Å²) in [7, 11) is 0. The number of rotatable bonds is 5. The van der Waals surface area contributed by atoms with Gasteiger partial charge in [-0.1, -0.05) is 18.2 Å². The lowest BCUT2D eigenvalue weighted by Crippen LogP contribution is -2.15. The smallest absolute Gasteiger partial charge is 0.244 e. The fraction of sp³-hybridized carbons (Fsp3) is 0.167. The highest BCUT2D eigenvalue weighted by Crippen LogP contribution is 2.33. The summed E-state index contributed by atoms with van der Waals surface area (Å²) in [5, 5.41) is 13.9. The Morgan fingerprint density at radius 2 is 1.88 bits per heavy atom. The molecule has 0 unspecified atom stereocenters. The molecule has 3 aromatic rings. The van der Waals surface area contributed by atoms with Crippen molar-refractivity contribution in [2.75, 3.05) is 23.8 Å². The van der Waals surface area contributed by atoms with E-state index in [4.69, 9.17) is 9.47 Å². The molecule has 0 saturated carbocycles. The first kappa shape index (κ1) is 16.1. The van der Waals surface area contributed by atoms with Gasteiger partial charge in [0, 0.05) is 23.9 Å². The molecule has 1 aliphatic rings. The van der Waals surface area contributed by atoms with Gasteiger partial charge in [0.1, 0.15) is 19.0 Å². The van der Waals surface area contributed by atoms with Crippen LogP contribution in [-0.4, -0.2) is 28.4 Å². The molecule has 1 aromatic heterocycles. The minimum Gasteiger partial charge on any atom is -0.486 e. The van der Waals surface area contributed by atoms with E-state index in [0.29, 0.717) is 36.3 Å². The molecule has 1 aliphatic heterocycles. The van der Waals surface area contributed by atoms with E-state index in [1.807, 2.05) is 18.2 Å². The fourth-order valence-corrected chi connectivity index (χ4v) is 2.52. The Labute approximate surface area is 149 Å². The molecule has 2 heterocycles. The van der Waals surface area contributed by atoms with Gasteiger partial charge in [0.15, 0.2) is 17.3 Å². The standard InChI is InChI=1S/C18H16FN5O2/c19-14-4-2-1-3-12(14)10-20-18-23-17(11-21-24-18)22-13-5-6-15-16(9-13)26-8-7-25-15/h1-6,9,11H,7-8,10H2,(H2,20,22,23,24). The van der Waals surface area contributed by atoms with Gasteiger partial charge in [-0.15, -0.1) is 5.10 Å². The van der Waals surface area contributed by atoms with E-state index in [-0.39, 0.29) is 12.4 Å². The Hall–Kier alpha value is -3.42. The van der Waals surface area contributed by atoms with Gasteiger partial charge in [0.25, 0.3) is 0 Å². The quantitative estimate of drug-likeness (QED) is 0.729. The zero-order valence-electron chi connectivity index (χ0n) is 13.8. The molecule has 2 N–H and O–H groups in total. The topological polar surface area (TPSA) is 81.2 Å². The predicted molar refractivity (Wildman–Crippen MR) is 94.3 cm³/mol. The number of nitrogens with zero attached hydrogens (tertiary/aromatic N) is 3. The van der Waals surface area contributed by atoms with Crippen LogP contribution in [0, 0.1) is 5.82 Å². The summed E-state index contributed by atoms with van der Waals surface area (Å²) in [6.45, 7) is 1.34. The van der Waals surface area contributed by atoms with E-state index in [1.165, 1.54) is 12.3 Å². The minimum atomic E-state index is -0.279. The van der Waals surface area contributed by atoms with Gasteiger partial charge < -0.3 is 20.1 Å². The number of fused-ring (bicyclic) bond motifs is 1. The van der Waals surface area contributed by atoms with Crippen LogP contribution in [-0.2, 0) is 6.54 Å². The van der Waals surface area contributed by atoms with E-state index in [2.05, 4.69) is 25.8 Å². The van der Waals surface area contributed by atoms with E-state index in [1.54, 1.807) is 18.2 Å². The van der Waals surface area contributed by atoms with Crippen molar-refractivity contribution in [3.63, 3.8) is 0 Å². The van der Waals surface area contributed by atoms with Crippen molar-refractivity contribution in [1.82, 2.24) is 15.2 Å². The molecule has 4 rings (SSSR count). The van der Waals surface area contributed by atoms with E-state index in [0.717, 1.165) is 11.4 Å². The lowest BCUT2D eigenvalue weighted by Gasteiger charge is -2.19. The molecule has 2 aromatic carbocycles. The summed E-state index contributed by atoms with van der Waals surface area (Å²) in [5.74, 6) is 1.93. The van der Waals surface area contributed by atoms with Crippen molar-refractivity contribution in [2.24, 2.45) is 0 Å². The number of anilines is 3. The molecular weight excluding hydrogens is 337 g/mol. The van der Waals surface area contributed by atoms with Crippen LogP contribution in [0.1, 0.15) is 5.56 Å². The summed E-state index contributed by atoms with van der Waals surface area (Å²) < 4.78 is 24.7. The summed E-state index contributed by atoms with van der Waals surface area (Å²) >= 11 is 0. The van der Waals surface area contributed by atoms with E-state index in [9.17, 15) is 4.39 Å². The van der Waals surface area contributed by atoms with Crippen LogP contribution >= 0.6 is 0 Å².